The lowest BCUT2D eigenvalue weighted by atomic mass is 10.0. The summed E-state index contributed by atoms with van der Waals surface area (Å²) in [7, 11) is 0. The van der Waals surface area contributed by atoms with E-state index in [0.717, 1.165) is 96.3 Å². The van der Waals surface area contributed by atoms with Crippen molar-refractivity contribution in [3.8, 4) is 0 Å². The lowest BCUT2D eigenvalue weighted by molar-refractivity contribution is -0.167. The van der Waals surface area contributed by atoms with Crippen LogP contribution in [0.25, 0.3) is 0 Å². The van der Waals surface area contributed by atoms with Crippen molar-refractivity contribution in [2.45, 2.75) is 361 Å². The highest BCUT2D eigenvalue weighted by Crippen LogP contribution is 2.18. The second-order valence-electron chi connectivity index (χ2n) is 22.7. The molecule has 0 saturated heterocycles. The van der Waals surface area contributed by atoms with Crippen LogP contribution in [0.2, 0.25) is 0 Å². The fraction of sp³-hybridized carbons (Fsp3) is 0.817. The van der Waals surface area contributed by atoms with Gasteiger partial charge in [0.2, 0.25) is 0 Å². The number of hydrogen-bond acceptors (Lipinski definition) is 6. The van der Waals surface area contributed by atoms with E-state index < -0.39 is 6.10 Å². The van der Waals surface area contributed by atoms with E-state index >= 15 is 0 Å². The summed E-state index contributed by atoms with van der Waals surface area (Å²) in [6.45, 7) is 6.57. The molecule has 448 valence electrons. The molecule has 0 aromatic carbocycles. The number of esters is 3. The van der Waals surface area contributed by atoms with E-state index in [1.807, 2.05) is 0 Å². The van der Waals surface area contributed by atoms with E-state index in [1.165, 1.54) is 218 Å². The lowest BCUT2D eigenvalue weighted by Crippen LogP contribution is -2.30. The van der Waals surface area contributed by atoms with Crippen molar-refractivity contribution < 1.29 is 28.6 Å². The number of allylic oxidation sites excluding steroid dienone is 10. The summed E-state index contributed by atoms with van der Waals surface area (Å²) in [6, 6.07) is 0. The smallest absolute Gasteiger partial charge is 0.306 e. The zero-order valence-corrected chi connectivity index (χ0v) is 51.5. The number of rotatable bonds is 62. The maximum atomic E-state index is 12.9. The van der Waals surface area contributed by atoms with Crippen molar-refractivity contribution in [3.05, 3.63) is 60.8 Å². The SMILES string of the molecule is CC/C=C\C/C=C\C/C=C\C/C=C\CCCCCCCCCCC(=O)OC(COC(=O)CCCCCCC/C=C\CCCCCCCC)COC(=O)CCCCCCCCCCCCCCCCCCCCCCCCC. The lowest BCUT2D eigenvalue weighted by Gasteiger charge is -2.18. The minimum absolute atomic E-state index is 0.0765. The van der Waals surface area contributed by atoms with Crippen LogP contribution in [0.4, 0.5) is 0 Å². The van der Waals surface area contributed by atoms with Crippen molar-refractivity contribution in [1.29, 1.82) is 0 Å². The first kappa shape index (κ1) is 74.1. The van der Waals surface area contributed by atoms with Gasteiger partial charge in [0.25, 0.3) is 0 Å². The maximum absolute atomic E-state index is 12.9. The molecule has 0 radical (unpaired) electrons. The first-order valence-corrected chi connectivity index (χ1v) is 33.8. The molecule has 1 unspecified atom stereocenters. The third-order valence-corrected chi connectivity index (χ3v) is 15.0. The molecular formula is C71H128O6. The maximum Gasteiger partial charge on any atom is 0.306 e. The van der Waals surface area contributed by atoms with Gasteiger partial charge >= 0.3 is 17.9 Å². The number of carbonyl (C=O) groups is 3. The van der Waals surface area contributed by atoms with Gasteiger partial charge in [-0.25, -0.2) is 0 Å². The summed E-state index contributed by atoms with van der Waals surface area (Å²) >= 11 is 0. The Morgan fingerprint density at radius 2 is 0.506 bits per heavy atom. The predicted octanol–water partition coefficient (Wildman–Crippen LogP) is 23.1. The second-order valence-corrected chi connectivity index (χ2v) is 22.7. The standard InChI is InChI=1S/C71H128O6/c1-4-7-10-13-16-19-22-25-28-30-32-34-35-37-38-40-43-46-49-52-55-58-61-64-70(73)76-67-68(66-75-69(72)63-60-57-54-51-48-45-42-27-24-21-18-15-12-9-6-3)77-71(74)65-62-59-56-53-50-47-44-41-39-36-33-31-29-26-23-20-17-14-11-8-5-2/h8,11,17,20,26-27,29,33,36,42,68H,4-7,9-10,12-16,18-19,21-25,28,30-32,34-35,37-41,43-67H2,1-3H3/b11-8-,20-17-,29-26-,36-33-,42-27-. The number of hydrogen-bond donors (Lipinski definition) is 0. The largest absolute Gasteiger partial charge is 0.462 e. The topological polar surface area (TPSA) is 78.9 Å². The van der Waals surface area contributed by atoms with Gasteiger partial charge in [-0.05, 0) is 83.5 Å². The molecule has 0 heterocycles. The van der Waals surface area contributed by atoms with Crippen LogP contribution in [-0.2, 0) is 28.6 Å². The first-order valence-electron chi connectivity index (χ1n) is 33.8. The van der Waals surface area contributed by atoms with Gasteiger partial charge in [0.15, 0.2) is 6.10 Å². The quantitative estimate of drug-likeness (QED) is 0.0261. The van der Waals surface area contributed by atoms with Crippen LogP contribution in [0.5, 0.6) is 0 Å². The molecule has 77 heavy (non-hydrogen) atoms. The van der Waals surface area contributed by atoms with Crippen molar-refractivity contribution in [1.82, 2.24) is 0 Å². The third kappa shape index (κ3) is 63.8. The zero-order chi connectivity index (χ0) is 55.7. The number of unbranched alkanes of at least 4 members (excludes halogenated alkanes) is 41. The van der Waals surface area contributed by atoms with Crippen molar-refractivity contribution in [2.75, 3.05) is 13.2 Å². The molecule has 0 fully saturated rings. The molecule has 0 aromatic rings. The highest BCUT2D eigenvalue weighted by molar-refractivity contribution is 5.71. The van der Waals surface area contributed by atoms with Gasteiger partial charge in [0.1, 0.15) is 13.2 Å². The van der Waals surface area contributed by atoms with Crippen LogP contribution in [0.3, 0.4) is 0 Å². The highest BCUT2D eigenvalue weighted by atomic mass is 16.6. The molecule has 0 N–H and O–H groups in total. The monoisotopic (exact) mass is 1080 g/mol. The van der Waals surface area contributed by atoms with Crippen LogP contribution >= 0.6 is 0 Å². The normalized spacial score (nSPS) is 12.4. The van der Waals surface area contributed by atoms with Crippen LogP contribution in [-0.4, -0.2) is 37.2 Å². The van der Waals surface area contributed by atoms with E-state index in [4.69, 9.17) is 14.2 Å². The van der Waals surface area contributed by atoms with E-state index in [1.54, 1.807) is 0 Å². The summed E-state index contributed by atoms with van der Waals surface area (Å²) in [6.07, 6.45) is 83.8. The van der Waals surface area contributed by atoms with E-state index in [9.17, 15) is 14.4 Å². The van der Waals surface area contributed by atoms with E-state index in [-0.39, 0.29) is 31.1 Å². The number of carbonyl (C=O) groups excluding carboxylic acids is 3. The molecule has 0 aliphatic carbocycles. The minimum Gasteiger partial charge on any atom is -0.462 e. The van der Waals surface area contributed by atoms with Gasteiger partial charge in [0, 0.05) is 19.3 Å². The summed E-state index contributed by atoms with van der Waals surface area (Å²) in [5.74, 6) is -0.872. The molecule has 0 bridgehead atoms. The zero-order valence-electron chi connectivity index (χ0n) is 51.5. The Morgan fingerprint density at radius 1 is 0.273 bits per heavy atom. The average molecular weight is 1080 g/mol. The van der Waals surface area contributed by atoms with Crippen LogP contribution in [0.1, 0.15) is 355 Å². The molecule has 1 atom stereocenters. The van der Waals surface area contributed by atoms with Crippen molar-refractivity contribution in [2.24, 2.45) is 0 Å². The minimum atomic E-state index is -0.782. The number of ether oxygens (including phenoxy) is 3. The van der Waals surface area contributed by atoms with Gasteiger partial charge in [-0.15, -0.1) is 0 Å². The molecule has 0 spiro atoms. The Bertz CT molecular complexity index is 1380. The highest BCUT2D eigenvalue weighted by Gasteiger charge is 2.19. The first-order chi connectivity index (χ1) is 38.0. The van der Waals surface area contributed by atoms with Crippen molar-refractivity contribution >= 4 is 17.9 Å². The molecule has 0 aromatic heterocycles. The van der Waals surface area contributed by atoms with Crippen molar-refractivity contribution in [3.63, 3.8) is 0 Å². The molecule has 6 heteroatoms. The molecule has 0 aliphatic rings. The summed E-state index contributed by atoms with van der Waals surface area (Å²) in [5.41, 5.74) is 0. The van der Waals surface area contributed by atoms with Gasteiger partial charge < -0.3 is 14.2 Å². The summed E-state index contributed by atoms with van der Waals surface area (Å²) in [4.78, 5) is 38.4. The Morgan fingerprint density at radius 3 is 0.805 bits per heavy atom. The molecule has 0 saturated carbocycles. The third-order valence-electron chi connectivity index (χ3n) is 15.0. The van der Waals surface area contributed by atoms with Gasteiger partial charge in [0.05, 0.1) is 0 Å². The Labute approximate surface area is 479 Å². The van der Waals surface area contributed by atoms with Crippen LogP contribution in [0.15, 0.2) is 60.8 Å². The fourth-order valence-electron chi connectivity index (χ4n) is 9.96. The van der Waals surface area contributed by atoms with E-state index in [0.29, 0.717) is 19.3 Å². The predicted molar refractivity (Wildman–Crippen MR) is 335 cm³/mol. The van der Waals surface area contributed by atoms with Crippen LogP contribution in [0, 0.1) is 0 Å². The molecule has 0 aliphatic heterocycles. The summed E-state index contributed by atoms with van der Waals surface area (Å²) < 4.78 is 17.0. The van der Waals surface area contributed by atoms with Gasteiger partial charge in [-0.1, -0.05) is 313 Å². The molecule has 0 rings (SSSR count). The molecule has 6 nitrogen and oxygen atoms in total. The molecular weight excluding hydrogens is 949 g/mol. The Balaban J connectivity index is 4.32. The van der Waals surface area contributed by atoms with Gasteiger partial charge in [-0.3, -0.25) is 14.4 Å². The molecule has 0 amide bonds. The Hall–Kier alpha value is -2.89. The fourth-order valence-corrected chi connectivity index (χ4v) is 9.96. The van der Waals surface area contributed by atoms with Crippen LogP contribution < -0.4 is 0 Å². The van der Waals surface area contributed by atoms with Gasteiger partial charge in [-0.2, -0.15) is 0 Å². The second kappa shape index (κ2) is 65.6. The summed E-state index contributed by atoms with van der Waals surface area (Å²) in [5, 5.41) is 0. The Kier molecular flexibility index (Phi) is 63.2. The average Bonchev–Trinajstić information content (AvgIpc) is 3.43. The van der Waals surface area contributed by atoms with E-state index in [2.05, 4.69) is 81.5 Å².